The van der Waals surface area contributed by atoms with Crippen molar-refractivity contribution in [3.05, 3.63) is 109 Å². The SMILES string of the molecule is C[Si](C)(C)CCOCn1nc(-c2ccncc2)c2ccc([N+](=O)[O-])cc21.C[Si](C)(C)CCOCn1nc(I)c2ccc([N+](=O)[O-])cc21.OB(O)c1ccncc1. The molecule has 0 atom stereocenters. The lowest BCUT2D eigenvalue weighted by Crippen LogP contribution is -2.29. The van der Waals surface area contributed by atoms with E-state index < -0.39 is 33.1 Å². The molecule has 0 spiro atoms. The molecule has 6 aromatic rings. The molecule has 296 valence electrons. The fourth-order valence-corrected chi connectivity index (χ4v) is 7.26. The van der Waals surface area contributed by atoms with Crippen molar-refractivity contribution in [3.8, 4) is 11.3 Å². The van der Waals surface area contributed by atoms with Crippen LogP contribution in [0.25, 0.3) is 33.1 Å². The van der Waals surface area contributed by atoms with Crippen LogP contribution >= 0.6 is 22.6 Å². The van der Waals surface area contributed by atoms with E-state index in [-0.39, 0.29) is 18.1 Å². The first-order chi connectivity index (χ1) is 26.4. The topological polar surface area (TPSA) is 207 Å². The van der Waals surface area contributed by atoms with Crippen LogP contribution in [-0.2, 0) is 22.9 Å². The number of nitro groups is 2. The third-order valence-electron chi connectivity index (χ3n) is 8.22. The molecule has 0 aliphatic heterocycles. The molecule has 2 aromatic carbocycles. The van der Waals surface area contributed by atoms with Gasteiger partial charge in [0.25, 0.3) is 11.4 Å². The minimum atomic E-state index is -1.38. The second-order valence-corrected chi connectivity index (χ2v) is 27.4. The Morgan fingerprint density at radius 2 is 1.14 bits per heavy atom. The highest BCUT2D eigenvalue weighted by atomic mass is 127. The molecule has 0 bridgehead atoms. The highest BCUT2D eigenvalue weighted by Crippen LogP contribution is 2.30. The van der Waals surface area contributed by atoms with E-state index >= 15 is 0 Å². The molecule has 16 nitrogen and oxygen atoms in total. The number of non-ortho nitro benzene ring substituents is 2. The monoisotopic (exact) mass is 912 g/mol. The van der Waals surface area contributed by atoms with E-state index in [2.05, 4.69) is 82.0 Å². The van der Waals surface area contributed by atoms with Gasteiger partial charge in [0.1, 0.15) is 22.9 Å². The smallest absolute Gasteiger partial charge is 0.423 e. The van der Waals surface area contributed by atoms with Gasteiger partial charge in [0, 0.05) is 94.8 Å². The van der Waals surface area contributed by atoms with Crippen LogP contribution in [0.3, 0.4) is 0 Å². The van der Waals surface area contributed by atoms with Crippen molar-refractivity contribution >= 4 is 84.5 Å². The summed E-state index contributed by atoms with van der Waals surface area (Å²) >= 11 is 2.13. The van der Waals surface area contributed by atoms with Gasteiger partial charge in [-0.25, -0.2) is 9.36 Å². The van der Waals surface area contributed by atoms with Crippen LogP contribution in [0.1, 0.15) is 0 Å². The van der Waals surface area contributed by atoms with E-state index in [1.807, 2.05) is 12.1 Å². The third kappa shape index (κ3) is 13.3. The molecule has 56 heavy (non-hydrogen) atoms. The molecule has 0 amide bonds. The minimum Gasteiger partial charge on any atom is -0.423 e. The van der Waals surface area contributed by atoms with Crippen LogP contribution in [-0.4, -0.2) is 85.9 Å². The number of halogens is 1. The summed E-state index contributed by atoms with van der Waals surface area (Å²) < 4.78 is 15.7. The summed E-state index contributed by atoms with van der Waals surface area (Å²) in [7, 11) is -3.67. The summed E-state index contributed by atoms with van der Waals surface area (Å²) in [6, 6.07) is 18.6. The maximum absolute atomic E-state index is 11.1. The molecule has 4 aromatic heterocycles. The van der Waals surface area contributed by atoms with E-state index in [1.54, 1.807) is 58.2 Å². The zero-order chi connectivity index (χ0) is 41.0. The number of pyridine rings is 2. The number of aromatic nitrogens is 6. The number of benzene rings is 2. The predicted molar refractivity (Wildman–Crippen MR) is 231 cm³/mol. The number of fused-ring (bicyclic) bond motifs is 2. The van der Waals surface area contributed by atoms with Crippen LogP contribution in [0, 0.1) is 23.9 Å². The Labute approximate surface area is 340 Å². The normalized spacial score (nSPS) is 11.4. The minimum absolute atomic E-state index is 0.0435. The van der Waals surface area contributed by atoms with Gasteiger partial charge in [0.15, 0.2) is 0 Å². The first-order valence-corrected chi connectivity index (χ1v) is 26.2. The number of ether oxygens (including phenoxy) is 2. The quantitative estimate of drug-likeness (QED) is 0.0375. The van der Waals surface area contributed by atoms with Gasteiger partial charge in [-0.3, -0.25) is 30.2 Å². The number of hydrogen-bond donors (Lipinski definition) is 2. The Morgan fingerprint density at radius 1 is 0.696 bits per heavy atom. The lowest BCUT2D eigenvalue weighted by Gasteiger charge is -2.15. The molecule has 0 fully saturated rings. The Morgan fingerprint density at radius 3 is 1.59 bits per heavy atom. The largest absolute Gasteiger partial charge is 0.488 e. The van der Waals surface area contributed by atoms with Crippen LogP contribution in [0.2, 0.25) is 51.4 Å². The van der Waals surface area contributed by atoms with Crippen LogP contribution in [0.5, 0.6) is 0 Å². The van der Waals surface area contributed by atoms with Crippen molar-refractivity contribution in [2.45, 2.75) is 64.8 Å². The van der Waals surface area contributed by atoms with Crippen molar-refractivity contribution in [1.29, 1.82) is 0 Å². The first-order valence-electron chi connectivity index (χ1n) is 17.7. The van der Waals surface area contributed by atoms with Gasteiger partial charge in [0.2, 0.25) is 0 Å². The van der Waals surface area contributed by atoms with Crippen molar-refractivity contribution in [3.63, 3.8) is 0 Å². The molecular formula is C36H46BIN8O8Si2. The van der Waals surface area contributed by atoms with Crippen molar-refractivity contribution < 1.29 is 29.4 Å². The predicted octanol–water partition coefficient (Wildman–Crippen LogP) is 6.94. The van der Waals surface area contributed by atoms with Crippen LogP contribution < -0.4 is 5.46 Å². The molecule has 0 aliphatic carbocycles. The Kier molecular flexibility index (Phi) is 15.9. The van der Waals surface area contributed by atoms with Crippen LogP contribution in [0.4, 0.5) is 11.4 Å². The number of hydrogen-bond acceptors (Lipinski definition) is 12. The summed E-state index contributed by atoms with van der Waals surface area (Å²) in [6.07, 6.45) is 6.43. The van der Waals surface area contributed by atoms with E-state index in [0.29, 0.717) is 30.9 Å². The molecule has 0 saturated heterocycles. The van der Waals surface area contributed by atoms with Crippen molar-refractivity contribution in [1.82, 2.24) is 29.5 Å². The number of rotatable bonds is 14. The highest BCUT2D eigenvalue weighted by Gasteiger charge is 2.18. The molecule has 0 radical (unpaired) electrons. The highest BCUT2D eigenvalue weighted by molar-refractivity contribution is 14.1. The van der Waals surface area contributed by atoms with Gasteiger partial charge in [-0.05, 0) is 76.5 Å². The van der Waals surface area contributed by atoms with Crippen molar-refractivity contribution in [2.24, 2.45) is 0 Å². The lowest BCUT2D eigenvalue weighted by atomic mass is 9.81. The molecule has 0 unspecified atom stereocenters. The Bertz CT molecular complexity index is 2220. The third-order valence-corrected chi connectivity index (χ3v) is 12.4. The zero-order valence-corrected chi connectivity index (χ0v) is 36.4. The van der Waals surface area contributed by atoms with Gasteiger partial charge < -0.3 is 19.5 Å². The van der Waals surface area contributed by atoms with Gasteiger partial charge >= 0.3 is 7.12 Å². The van der Waals surface area contributed by atoms with E-state index in [4.69, 9.17) is 19.5 Å². The second kappa shape index (κ2) is 20.1. The number of nitrogens with zero attached hydrogens (tertiary/aromatic N) is 8. The Balaban J connectivity index is 0.000000207. The van der Waals surface area contributed by atoms with Gasteiger partial charge in [-0.15, -0.1) is 0 Å². The summed E-state index contributed by atoms with van der Waals surface area (Å²) in [4.78, 5) is 29.0. The van der Waals surface area contributed by atoms with E-state index in [1.165, 1.54) is 24.5 Å². The summed E-state index contributed by atoms with van der Waals surface area (Å²) in [5.41, 5.74) is 3.69. The fourth-order valence-electron chi connectivity index (χ4n) is 5.03. The molecule has 0 saturated carbocycles. The second-order valence-electron chi connectivity index (χ2n) is 15.1. The van der Waals surface area contributed by atoms with Gasteiger partial charge in [-0.2, -0.15) is 10.2 Å². The maximum atomic E-state index is 11.1. The molecule has 6 rings (SSSR count). The number of nitro benzene ring substituents is 2. The van der Waals surface area contributed by atoms with Gasteiger partial charge in [-0.1, -0.05) is 39.3 Å². The molecule has 4 heterocycles. The summed E-state index contributed by atoms with van der Waals surface area (Å²) in [5, 5.41) is 49.9. The summed E-state index contributed by atoms with van der Waals surface area (Å²) in [5.74, 6) is 0. The van der Waals surface area contributed by atoms with Gasteiger partial charge in [0.05, 0.1) is 20.9 Å². The van der Waals surface area contributed by atoms with E-state index in [0.717, 1.165) is 43.3 Å². The molecule has 2 N–H and O–H groups in total. The molecule has 0 aliphatic rings. The lowest BCUT2D eigenvalue weighted by molar-refractivity contribution is -0.384. The fraction of sp³-hybridized carbons (Fsp3) is 0.333. The maximum Gasteiger partial charge on any atom is 0.488 e. The summed E-state index contributed by atoms with van der Waals surface area (Å²) in [6.45, 7) is 15.7. The standard InChI is InChI=1S/C18H22N4O3Si.C13H18IN3O3Si.C5H6BNO2/c1-26(2,3)11-10-25-13-21-17-12-15(22(23)24)4-5-16(17)18(20-21)14-6-8-19-9-7-14;1-21(2,3)7-6-20-9-16-12-8-10(17(18)19)4-5-11(12)13(14)15-16;8-6(9)5-1-3-7-4-2-5/h4-9,12H,10-11,13H2,1-3H3;4-5,8H,6-7,9H2,1-3H3;1-4,8-9H. The molecule has 20 heteroatoms. The first kappa shape index (κ1) is 44.3. The van der Waals surface area contributed by atoms with E-state index in [9.17, 15) is 20.2 Å². The Hall–Kier alpha value is -4.45. The molecular weight excluding hydrogens is 866 g/mol. The zero-order valence-electron chi connectivity index (χ0n) is 32.2. The average molecular weight is 913 g/mol. The average Bonchev–Trinajstić information content (AvgIpc) is 3.68. The van der Waals surface area contributed by atoms with Crippen LogP contribution in [0.15, 0.2) is 85.5 Å². The van der Waals surface area contributed by atoms with Crippen molar-refractivity contribution in [2.75, 3.05) is 13.2 Å².